The molecule has 1 aliphatic heterocycles. The zero-order valence-corrected chi connectivity index (χ0v) is 12.0. The molecule has 2 nitrogen and oxygen atoms in total. The van der Waals surface area contributed by atoms with Gasteiger partial charge in [-0.2, -0.15) is 0 Å². The molecule has 0 amide bonds. The van der Waals surface area contributed by atoms with Gasteiger partial charge < -0.3 is 4.74 Å². The van der Waals surface area contributed by atoms with Gasteiger partial charge in [-0.1, -0.05) is 24.3 Å². The molecule has 0 radical (unpaired) electrons. The number of Topliss-reactive ketones (excluding diaryl/α,β-unsaturated/α-hetero) is 1. The Hall–Kier alpha value is -2.16. The molecule has 0 aliphatic carbocycles. The van der Waals surface area contributed by atoms with Crippen LogP contribution < -0.4 is 4.74 Å². The number of fused-ring (bicyclic) bond motifs is 1. The molecule has 0 atom stereocenters. The van der Waals surface area contributed by atoms with E-state index in [1.807, 2.05) is 12.1 Å². The highest BCUT2D eigenvalue weighted by atomic mass is 19.1. The van der Waals surface area contributed by atoms with Crippen molar-refractivity contribution >= 4 is 5.78 Å². The number of aryl methyl sites for hydroxylation is 2. The lowest BCUT2D eigenvalue weighted by molar-refractivity contribution is 0.0982. The highest BCUT2D eigenvalue weighted by Gasteiger charge is 2.13. The lowest BCUT2D eigenvalue weighted by Crippen LogP contribution is -2.02. The fourth-order valence-electron chi connectivity index (χ4n) is 2.56. The quantitative estimate of drug-likeness (QED) is 0.796. The Morgan fingerprint density at radius 1 is 1.24 bits per heavy atom. The molecular weight excluding hydrogens is 267 g/mol. The third-order valence-electron chi connectivity index (χ3n) is 3.89. The Kier molecular flexibility index (Phi) is 3.74. The van der Waals surface area contributed by atoms with E-state index in [9.17, 15) is 9.18 Å². The summed E-state index contributed by atoms with van der Waals surface area (Å²) in [6, 6.07) is 10.7. The number of carbonyl (C=O) groups excluding carboxylic acids is 1. The molecule has 0 fully saturated rings. The predicted octanol–water partition coefficient (Wildman–Crippen LogP) is 3.88. The number of rotatable bonds is 4. The Bertz CT molecular complexity index is 692. The zero-order valence-electron chi connectivity index (χ0n) is 12.0. The van der Waals surface area contributed by atoms with Crippen LogP contribution in [0, 0.1) is 12.7 Å². The van der Waals surface area contributed by atoms with E-state index < -0.39 is 0 Å². The van der Waals surface area contributed by atoms with Gasteiger partial charge in [0, 0.05) is 18.4 Å². The van der Waals surface area contributed by atoms with Gasteiger partial charge >= 0.3 is 0 Å². The van der Waals surface area contributed by atoms with Crippen LogP contribution in [-0.4, -0.2) is 12.4 Å². The van der Waals surface area contributed by atoms with Gasteiger partial charge in [0.1, 0.15) is 11.6 Å². The minimum absolute atomic E-state index is 0.0225. The fourth-order valence-corrected chi connectivity index (χ4v) is 2.56. The van der Waals surface area contributed by atoms with Gasteiger partial charge in [0.05, 0.1) is 6.61 Å². The van der Waals surface area contributed by atoms with E-state index in [-0.39, 0.29) is 11.6 Å². The second-order valence-corrected chi connectivity index (χ2v) is 5.43. The summed E-state index contributed by atoms with van der Waals surface area (Å²) in [7, 11) is 0. The molecule has 21 heavy (non-hydrogen) atoms. The third-order valence-corrected chi connectivity index (χ3v) is 3.89. The second-order valence-electron chi connectivity index (χ2n) is 5.43. The van der Waals surface area contributed by atoms with Gasteiger partial charge in [0.25, 0.3) is 0 Å². The van der Waals surface area contributed by atoms with Crippen LogP contribution in [0.5, 0.6) is 5.75 Å². The molecule has 108 valence electrons. The van der Waals surface area contributed by atoms with Gasteiger partial charge in [-0.3, -0.25) is 4.79 Å². The summed E-state index contributed by atoms with van der Waals surface area (Å²) in [6.45, 7) is 2.43. The van der Waals surface area contributed by atoms with E-state index in [0.717, 1.165) is 24.3 Å². The van der Waals surface area contributed by atoms with Crippen LogP contribution in [0.4, 0.5) is 4.39 Å². The Labute approximate surface area is 123 Å². The average molecular weight is 284 g/mol. The lowest BCUT2D eigenvalue weighted by atomic mass is 10.00. The summed E-state index contributed by atoms with van der Waals surface area (Å²) in [5.41, 5.74) is 3.34. The number of ketones is 1. The first-order valence-corrected chi connectivity index (χ1v) is 7.17. The summed E-state index contributed by atoms with van der Waals surface area (Å²) in [5, 5.41) is 0. The van der Waals surface area contributed by atoms with E-state index in [1.165, 1.54) is 11.6 Å². The van der Waals surface area contributed by atoms with E-state index in [4.69, 9.17) is 4.74 Å². The zero-order chi connectivity index (χ0) is 14.8. The maximum Gasteiger partial charge on any atom is 0.163 e. The van der Waals surface area contributed by atoms with Crippen LogP contribution >= 0.6 is 0 Å². The first-order valence-electron chi connectivity index (χ1n) is 7.17. The Morgan fingerprint density at radius 2 is 2.10 bits per heavy atom. The Morgan fingerprint density at radius 3 is 2.90 bits per heavy atom. The van der Waals surface area contributed by atoms with Crippen molar-refractivity contribution in [3.05, 3.63) is 64.5 Å². The highest BCUT2D eigenvalue weighted by Crippen LogP contribution is 2.26. The van der Waals surface area contributed by atoms with Crippen LogP contribution in [0.25, 0.3) is 0 Å². The SMILES string of the molecule is Cc1ccc(C(=O)CCc2ccc3c(c2)CCO3)cc1F. The number of halogens is 1. The molecule has 3 heteroatoms. The largest absolute Gasteiger partial charge is 0.493 e. The molecular formula is C18H17FO2. The van der Waals surface area contributed by atoms with Gasteiger partial charge in [0.15, 0.2) is 5.78 Å². The van der Waals surface area contributed by atoms with E-state index in [2.05, 4.69) is 6.07 Å². The van der Waals surface area contributed by atoms with E-state index in [1.54, 1.807) is 19.1 Å². The number of ether oxygens (including phenoxy) is 1. The minimum atomic E-state index is -0.324. The van der Waals surface area contributed by atoms with Crippen molar-refractivity contribution in [2.24, 2.45) is 0 Å². The van der Waals surface area contributed by atoms with Crippen molar-refractivity contribution in [3.63, 3.8) is 0 Å². The predicted molar refractivity (Wildman–Crippen MR) is 79.4 cm³/mol. The maximum absolute atomic E-state index is 13.5. The summed E-state index contributed by atoms with van der Waals surface area (Å²) in [6.07, 6.45) is 1.99. The van der Waals surface area contributed by atoms with Gasteiger partial charge in [-0.15, -0.1) is 0 Å². The van der Waals surface area contributed by atoms with Crippen molar-refractivity contribution in [1.82, 2.24) is 0 Å². The second kappa shape index (κ2) is 5.68. The Balaban J connectivity index is 1.67. The monoisotopic (exact) mass is 284 g/mol. The highest BCUT2D eigenvalue weighted by molar-refractivity contribution is 5.96. The fraction of sp³-hybridized carbons (Fsp3) is 0.278. The van der Waals surface area contributed by atoms with Crippen LogP contribution in [0.1, 0.15) is 33.5 Å². The molecule has 2 aromatic rings. The average Bonchev–Trinajstić information content (AvgIpc) is 2.95. The van der Waals surface area contributed by atoms with Crippen LogP contribution in [0.2, 0.25) is 0 Å². The number of benzene rings is 2. The van der Waals surface area contributed by atoms with E-state index in [0.29, 0.717) is 24.0 Å². The molecule has 0 bridgehead atoms. The standard InChI is InChI=1S/C18H17FO2/c1-12-2-5-14(11-16(12)19)17(20)6-3-13-4-7-18-15(10-13)8-9-21-18/h2,4-5,7,10-11H,3,6,8-9H2,1H3. The minimum Gasteiger partial charge on any atom is -0.493 e. The third kappa shape index (κ3) is 2.97. The van der Waals surface area contributed by atoms with Crippen molar-refractivity contribution in [3.8, 4) is 5.75 Å². The maximum atomic E-state index is 13.5. The van der Waals surface area contributed by atoms with Gasteiger partial charge in [0.2, 0.25) is 0 Å². The van der Waals surface area contributed by atoms with Crippen LogP contribution in [0.3, 0.4) is 0 Å². The molecule has 1 aliphatic rings. The molecule has 0 unspecified atom stereocenters. The van der Waals surface area contributed by atoms with Crippen LogP contribution in [-0.2, 0) is 12.8 Å². The summed E-state index contributed by atoms with van der Waals surface area (Å²) < 4.78 is 19.0. The van der Waals surface area contributed by atoms with Crippen molar-refractivity contribution in [2.75, 3.05) is 6.61 Å². The topological polar surface area (TPSA) is 26.3 Å². The molecule has 2 aromatic carbocycles. The number of hydrogen-bond acceptors (Lipinski definition) is 2. The lowest BCUT2D eigenvalue weighted by Gasteiger charge is -2.05. The summed E-state index contributed by atoms with van der Waals surface area (Å²) in [5.74, 6) is 0.604. The molecule has 0 N–H and O–H groups in total. The molecule has 1 heterocycles. The van der Waals surface area contributed by atoms with Crippen molar-refractivity contribution < 1.29 is 13.9 Å². The first kappa shape index (κ1) is 13.8. The molecule has 0 spiro atoms. The van der Waals surface area contributed by atoms with Gasteiger partial charge in [-0.05, 0) is 42.2 Å². The molecule has 0 saturated heterocycles. The normalized spacial score (nSPS) is 12.9. The van der Waals surface area contributed by atoms with Gasteiger partial charge in [-0.25, -0.2) is 4.39 Å². The summed E-state index contributed by atoms with van der Waals surface area (Å²) in [4.78, 5) is 12.1. The van der Waals surface area contributed by atoms with Crippen molar-refractivity contribution in [2.45, 2.75) is 26.2 Å². The molecule has 0 saturated carbocycles. The molecule has 0 aromatic heterocycles. The first-order chi connectivity index (χ1) is 10.1. The van der Waals surface area contributed by atoms with Crippen LogP contribution in [0.15, 0.2) is 36.4 Å². The smallest absolute Gasteiger partial charge is 0.163 e. The van der Waals surface area contributed by atoms with Crippen molar-refractivity contribution in [1.29, 1.82) is 0 Å². The molecule has 3 rings (SSSR count). The number of carbonyl (C=O) groups is 1. The number of hydrogen-bond donors (Lipinski definition) is 0. The summed E-state index contributed by atoms with van der Waals surface area (Å²) >= 11 is 0. The van der Waals surface area contributed by atoms with E-state index >= 15 is 0 Å².